The van der Waals surface area contributed by atoms with Crippen molar-refractivity contribution in [1.82, 2.24) is 0 Å². The Morgan fingerprint density at radius 3 is 2.77 bits per heavy atom. The van der Waals surface area contributed by atoms with E-state index in [2.05, 4.69) is 4.98 Å². The highest BCUT2D eigenvalue weighted by molar-refractivity contribution is 5.96. The van der Waals surface area contributed by atoms with Crippen molar-refractivity contribution in [3.05, 3.63) is 40.1 Å². The van der Waals surface area contributed by atoms with E-state index in [9.17, 15) is 14.7 Å². The maximum atomic E-state index is 12.4. The van der Waals surface area contributed by atoms with Crippen LogP contribution in [0.1, 0.15) is 30.1 Å². The molecule has 2 N–H and O–H groups in total. The maximum Gasteiger partial charge on any atom is 0.345 e. The van der Waals surface area contributed by atoms with E-state index in [0.717, 1.165) is 24.6 Å². The third kappa shape index (κ3) is 3.20. The van der Waals surface area contributed by atoms with Crippen LogP contribution in [0.4, 0.5) is 5.69 Å². The summed E-state index contributed by atoms with van der Waals surface area (Å²) >= 11 is 0. The average Bonchev–Trinajstić information content (AvgIpc) is 2.63. The zero-order valence-corrected chi connectivity index (χ0v) is 15.0. The molecule has 0 saturated carbocycles. The molecule has 1 aromatic carbocycles. The van der Waals surface area contributed by atoms with Gasteiger partial charge in [-0.25, -0.2) is 4.79 Å². The largest absolute Gasteiger partial charge is 0.501 e. The van der Waals surface area contributed by atoms with Gasteiger partial charge in [-0.1, -0.05) is 13.3 Å². The lowest BCUT2D eigenvalue weighted by molar-refractivity contribution is -0.334. The normalized spacial score (nSPS) is 11.0. The Balaban J connectivity index is 2.18. The molecule has 1 heterocycles. The van der Waals surface area contributed by atoms with E-state index in [1.165, 1.54) is 0 Å². The second kappa shape index (κ2) is 7.03. The lowest BCUT2D eigenvalue weighted by atomic mass is 10.1. The number of rotatable bonds is 5. The number of H-pyrrole nitrogens is 1. The summed E-state index contributed by atoms with van der Waals surface area (Å²) in [4.78, 5) is 29.4. The molecule has 3 rings (SSSR count). The molecular formula is C19H21N2O5+. The molecule has 1 aliphatic heterocycles. The highest BCUT2D eigenvalue weighted by Crippen LogP contribution is 2.31. The highest BCUT2D eigenvalue weighted by Gasteiger charge is 2.30. The molecule has 26 heavy (non-hydrogen) atoms. The van der Waals surface area contributed by atoms with Crippen molar-refractivity contribution in [3.63, 3.8) is 0 Å². The second-order valence-electron chi connectivity index (χ2n) is 6.27. The molecule has 7 heteroatoms. The first-order valence-electron chi connectivity index (χ1n) is 8.42. The van der Waals surface area contributed by atoms with Gasteiger partial charge in [0.2, 0.25) is 28.0 Å². The predicted octanol–water partition coefficient (Wildman–Crippen LogP) is 2.44. The minimum absolute atomic E-state index is 0.0428. The molecule has 0 radical (unpaired) electrons. The summed E-state index contributed by atoms with van der Waals surface area (Å²) in [5, 5.41) is 10.1. The fraction of sp³-hybridized carbons (Fsp3) is 0.316. The summed E-state index contributed by atoms with van der Waals surface area (Å²) in [6, 6.07) is 6.54. The number of anilines is 1. The van der Waals surface area contributed by atoms with Crippen molar-refractivity contribution in [2.24, 2.45) is 0 Å². The zero-order valence-electron chi connectivity index (χ0n) is 15.0. The van der Waals surface area contributed by atoms with Gasteiger partial charge in [0, 0.05) is 38.0 Å². The van der Waals surface area contributed by atoms with Gasteiger partial charge >= 0.3 is 5.97 Å². The van der Waals surface area contributed by atoms with Crippen molar-refractivity contribution >= 4 is 22.8 Å². The molecule has 0 aromatic heterocycles. The smallest absolute Gasteiger partial charge is 0.345 e. The van der Waals surface area contributed by atoms with Crippen LogP contribution in [0.25, 0.3) is 22.6 Å². The van der Waals surface area contributed by atoms with Crippen molar-refractivity contribution in [2.45, 2.75) is 19.8 Å². The van der Waals surface area contributed by atoms with E-state index in [-0.39, 0.29) is 23.6 Å². The summed E-state index contributed by atoms with van der Waals surface area (Å²) in [6.07, 6.45) is 1.62. The molecule has 0 atom stereocenters. The fourth-order valence-corrected chi connectivity index (χ4v) is 2.62. The predicted molar refractivity (Wildman–Crippen MR) is 96.8 cm³/mol. The van der Waals surface area contributed by atoms with Crippen LogP contribution < -0.4 is 15.3 Å². The number of aromatic amines is 1. The minimum atomic E-state index is -0.694. The highest BCUT2D eigenvalue weighted by atomic mass is 16.5. The number of carbonyl (C=O) groups excluding carboxylic acids is 1. The number of esters is 1. The van der Waals surface area contributed by atoms with Crippen molar-refractivity contribution in [2.75, 3.05) is 25.6 Å². The summed E-state index contributed by atoms with van der Waals surface area (Å²) < 4.78 is 11.0. The SMILES string of the molecule is CCCCOC(=O)c1cc(=O)c(O)c2oc3cc(N(C)C)ccc3[nH+]c1-2. The van der Waals surface area contributed by atoms with Crippen molar-refractivity contribution in [1.29, 1.82) is 0 Å². The summed E-state index contributed by atoms with van der Waals surface area (Å²) in [6.45, 7) is 2.25. The summed E-state index contributed by atoms with van der Waals surface area (Å²) in [5.74, 6) is -1.24. The minimum Gasteiger partial charge on any atom is -0.501 e. The van der Waals surface area contributed by atoms with Crippen molar-refractivity contribution < 1.29 is 24.0 Å². The van der Waals surface area contributed by atoms with Crippen LogP contribution in [0, 0.1) is 0 Å². The lowest BCUT2D eigenvalue weighted by Crippen LogP contribution is -2.21. The van der Waals surface area contributed by atoms with Gasteiger partial charge < -0.3 is 19.2 Å². The number of ether oxygens (including phenoxy) is 1. The molecule has 0 fully saturated rings. The molecule has 7 nitrogen and oxygen atoms in total. The number of benzene rings is 2. The molecule has 2 aliphatic rings. The molecule has 0 amide bonds. The third-order valence-corrected chi connectivity index (χ3v) is 4.12. The Bertz CT molecular complexity index is 993. The number of hydrogen-bond acceptors (Lipinski definition) is 6. The molecule has 0 spiro atoms. The van der Waals surface area contributed by atoms with Crippen LogP contribution >= 0.6 is 0 Å². The van der Waals surface area contributed by atoms with Gasteiger partial charge in [-0.2, -0.15) is 4.98 Å². The first-order chi connectivity index (χ1) is 12.4. The Labute approximate surface area is 150 Å². The molecule has 1 aliphatic carbocycles. The number of unbranched alkanes of at least 4 members (excludes halogenated alkanes) is 1. The number of nitrogens with one attached hydrogen (secondary N) is 1. The number of hydrogen-bond donors (Lipinski definition) is 1. The van der Waals surface area contributed by atoms with E-state index in [1.54, 1.807) is 6.07 Å². The van der Waals surface area contributed by atoms with E-state index < -0.39 is 17.1 Å². The van der Waals surface area contributed by atoms with Gasteiger partial charge in [0.25, 0.3) is 5.69 Å². The number of fused-ring (bicyclic) bond motifs is 2. The van der Waals surface area contributed by atoms with E-state index in [1.807, 2.05) is 38.1 Å². The Kier molecular flexibility index (Phi) is 4.79. The average molecular weight is 357 g/mol. The Hall–Kier alpha value is -3.09. The van der Waals surface area contributed by atoms with Crippen LogP contribution in [0.3, 0.4) is 0 Å². The van der Waals surface area contributed by atoms with E-state index >= 15 is 0 Å². The van der Waals surface area contributed by atoms with Crippen LogP contribution in [0.15, 0.2) is 33.5 Å². The van der Waals surface area contributed by atoms with E-state index in [4.69, 9.17) is 9.15 Å². The van der Waals surface area contributed by atoms with E-state index in [0.29, 0.717) is 11.1 Å². The first-order valence-corrected chi connectivity index (χ1v) is 8.42. The van der Waals surface area contributed by atoms with Crippen molar-refractivity contribution in [3.8, 4) is 17.2 Å². The first kappa shape index (κ1) is 17.7. The van der Waals surface area contributed by atoms with Crippen LogP contribution in [0.2, 0.25) is 0 Å². The Morgan fingerprint density at radius 2 is 2.08 bits per heavy atom. The monoisotopic (exact) mass is 357 g/mol. The number of aromatic hydroxyl groups is 1. The second-order valence-corrected chi connectivity index (χ2v) is 6.27. The molecular weight excluding hydrogens is 336 g/mol. The standard InChI is InChI=1S/C19H20N2O5/c1-4-5-8-25-19(24)12-10-14(22)17(23)18-16(12)20-13-7-6-11(21(2)3)9-15(13)26-18/h6-7,9-10,23H,4-5,8H2,1-3H3/p+1. The summed E-state index contributed by atoms with van der Waals surface area (Å²) in [5.41, 5.74) is 1.56. The number of phenolic OH excluding ortho intramolecular Hbond substituents is 1. The topological polar surface area (TPSA) is 94.1 Å². The molecule has 1 aromatic rings. The number of nitrogens with zero attached hydrogens (tertiary/aromatic N) is 1. The van der Waals surface area contributed by atoms with Crippen LogP contribution in [-0.4, -0.2) is 31.8 Å². The van der Waals surface area contributed by atoms with Gasteiger partial charge in [0.15, 0.2) is 0 Å². The molecule has 0 saturated heterocycles. The maximum absolute atomic E-state index is 12.4. The number of carbonyl (C=O) groups is 1. The van der Waals surface area contributed by atoms with Gasteiger partial charge in [-0.05, 0) is 12.5 Å². The number of aromatic nitrogens is 1. The molecule has 0 unspecified atom stereocenters. The van der Waals surface area contributed by atoms with Crippen LogP contribution in [-0.2, 0) is 4.74 Å². The van der Waals surface area contributed by atoms with Gasteiger partial charge in [-0.3, -0.25) is 4.79 Å². The summed E-state index contributed by atoms with van der Waals surface area (Å²) in [7, 11) is 3.78. The van der Waals surface area contributed by atoms with Gasteiger partial charge in [-0.15, -0.1) is 0 Å². The number of phenols is 1. The third-order valence-electron chi connectivity index (χ3n) is 4.12. The molecule has 0 bridgehead atoms. The molecule has 136 valence electrons. The van der Waals surface area contributed by atoms with Gasteiger partial charge in [0.05, 0.1) is 6.61 Å². The quantitative estimate of drug-likeness (QED) is 0.428. The van der Waals surface area contributed by atoms with Gasteiger partial charge in [0.1, 0.15) is 5.56 Å². The zero-order chi connectivity index (χ0) is 18.8. The fourth-order valence-electron chi connectivity index (χ4n) is 2.62. The van der Waals surface area contributed by atoms with Crippen LogP contribution in [0.5, 0.6) is 5.75 Å². The Morgan fingerprint density at radius 1 is 1.31 bits per heavy atom. The lowest BCUT2D eigenvalue weighted by Gasteiger charge is -2.12.